The second-order valence-corrected chi connectivity index (χ2v) is 8.33. The third-order valence-corrected chi connectivity index (χ3v) is 5.74. The molecular formula is C23H23ClFN5O4. The van der Waals surface area contributed by atoms with E-state index < -0.39 is 11.9 Å². The molecule has 0 spiro atoms. The minimum atomic E-state index is -1.12. The Morgan fingerprint density at radius 1 is 1.21 bits per heavy atom. The largest absolute Gasteiger partial charge is 0.416 e. The SMILES string of the molecule is CN1CCC(NC(=O)c2ccc(Nc3oc(-c4c(F)cccc4Cl)nc3OC(N)=O)cc2)CC1. The van der Waals surface area contributed by atoms with Crippen LogP contribution < -0.4 is 21.1 Å². The summed E-state index contributed by atoms with van der Waals surface area (Å²) < 4.78 is 24.8. The number of carbonyl (C=O) groups excluding carboxylic acids is 2. The Hall–Kier alpha value is -3.63. The number of ether oxygens (including phenoxy) is 1. The first kappa shape index (κ1) is 23.5. The number of nitrogens with zero attached hydrogens (tertiary/aromatic N) is 2. The number of primary amides is 1. The van der Waals surface area contributed by atoms with Gasteiger partial charge < -0.3 is 30.4 Å². The van der Waals surface area contributed by atoms with Gasteiger partial charge in [-0.1, -0.05) is 17.7 Å². The number of likely N-dealkylation sites (tertiary alicyclic amines) is 1. The number of piperidine rings is 1. The molecule has 0 aliphatic carbocycles. The molecule has 178 valence electrons. The molecule has 1 saturated heterocycles. The highest BCUT2D eigenvalue weighted by molar-refractivity contribution is 6.33. The molecule has 0 radical (unpaired) electrons. The lowest BCUT2D eigenvalue weighted by Crippen LogP contribution is -2.43. The number of oxazole rings is 1. The van der Waals surface area contributed by atoms with E-state index in [0.717, 1.165) is 25.9 Å². The number of carbonyl (C=O) groups is 2. The number of anilines is 2. The summed E-state index contributed by atoms with van der Waals surface area (Å²) in [7, 11) is 2.06. The average molecular weight is 488 g/mol. The summed E-state index contributed by atoms with van der Waals surface area (Å²) in [6.07, 6.45) is 0.692. The van der Waals surface area contributed by atoms with E-state index in [1.807, 2.05) is 0 Å². The molecule has 2 heterocycles. The predicted molar refractivity (Wildman–Crippen MR) is 125 cm³/mol. The van der Waals surface area contributed by atoms with Crippen molar-refractivity contribution in [3.63, 3.8) is 0 Å². The zero-order valence-electron chi connectivity index (χ0n) is 18.3. The molecule has 4 N–H and O–H groups in total. The predicted octanol–water partition coefficient (Wildman–Crippen LogP) is 4.16. The van der Waals surface area contributed by atoms with E-state index in [0.29, 0.717) is 11.3 Å². The molecule has 9 nitrogen and oxygen atoms in total. The molecule has 0 atom stereocenters. The van der Waals surface area contributed by atoms with Crippen LogP contribution in [-0.4, -0.2) is 48.1 Å². The van der Waals surface area contributed by atoms with Crippen molar-refractivity contribution < 1.29 is 23.1 Å². The Balaban J connectivity index is 1.51. The van der Waals surface area contributed by atoms with Crippen LogP contribution in [0.15, 0.2) is 46.9 Å². The summed E-state index contributed by atoms with van der Waals surface area (Å²) in [4.78, 5) is 30.1. The molecule has 2 amide bonds. The van der Waals surface area contributed by atoms with E-state index in [1.165, 1.54) is 18.2 Å². The van der Waals surface area contributed by atoms with Gasteiger partial charge in [-0.25, -0.2) is 9.18 Å². The van der Waals surface area contributed by atoms with Crippen LogP contribution in [0.25, 0.3) is 11.5 Å². The molecule has 1 aliphatic heterocycles. The van der Waals surface area contributed by atoms with E-state index >= 15 is 0 Å². The molecule has 11 heteroatoms. The van der Waals surface area contributed by atoms with Crippen molar-refractivity contribution >= 4 is 35.2 Å². The van der Waals surface area contributed by atoms with Crippen LogP contribution >= 0.6 is 11.6 Å². The summed E-state index contributed by atoms with van der Waals surface area (Å²) in [5.74, 6) is -1.39. The van der Waals surface area contributed by atoms with Gasteiger partial charge in [0.1, 0.15) is 5.82 Å². The summed E-state index contributed by atoms with van der Waals surface area (Å²) in [6, 6.07) is 10.8. The second-order valence-electron chi connectivity index (χ2n) is 7.92. The summed E-state index contributed by atoms with van der Waals surface area (Å²) in [5.41, 5.74) is 6.03. The van der Waals surface area contributed by atoms with Gasteiger partial charge >= 0.3 is 6.09 Å². The maximum atomic E-state index is 14.3. The van der Waals surface area contributed by atoms with Gasteiger partial charge in [-0.05, 0) is 69.4 Å². The number of nitrogens with two attached hydrogens (primary N) is 1. The normalized spacial score (nSPS) is 14.6. The van der Waals surface area contributed by atoms with E-state index in [9.17, 15) is 14.0 Å². The van der Waals surface area contributed by atoms with Gasteiger partial charge in [-0.2, -0.15) is 4.98 Å². The minimum Gasteiger partial charge on any atom is -0.416 e. The molecule has 2 aromatic carbocycles. The first-order valence-electron chi connectivity index (χ1n) is 10.6. The van der Waals surface area contributed by atoms with Gasteiger partial charge in [0, 0.05) is 17.3 Å². The zero-order chi connectivity index (χ0) is 24.2. The summed E-state index contributed by atoms with van der Waals surface area (Å²) >= 11 is 6.08. The first-order valence-corrected chi connectivity index (χ1v) is 11.0. The van der Waals surface area contributed by atoms with Gasteiger partial charge in [0.15, 0.2) is 0 Å². The van der Waals surface area contributed by atoms with Crippen molar-refractivity contribution in [2.24, 2.45) is 5.73 Å². The Bertz CT molecular complexity index is 1170. The van der Waals surface area contributed by atoms with Crippen molar-refractivity contribution in [1.29, 1.82) is 0 Å². The summed E-state index contributed by atoms with van der Waals surface area (Å²) in [5, 5.41) is 6.02. The van der Waals surface area contributed by atoms with E-state index in [-0.39, 0.29) is 40.2 Å². The van der Waals surface area contributed by atoms with Gasteiger partial charge in [-0.3, -0.25) is 4.79 Å². The average Bonchev–Trinajstić information content (AvgIpc) is 3.16. The van der Waals surface area contributed by atoms with Gasteiger partial charge in [0.25, 0.3) is 17.7 Å². The van der Waals surface area contributed by atoms with Crippen molar-refractivity contribution in [2.75, 3.05) is 25.5 Å². The molecule has 3 aromatic rings. The number of amides is 2. The molecule has 34 heavy (non-hydrogen) atoms. The quantitative estimate of drug-likeness (QED) is 0.477. The van der Waals surface area contributed by atoms with E-state index in [2.05, 4.69) is 27.6 Å². The molecule has 1 fully saturated rings. The number of hydrogen-bond acceptors (Lipinski definition) is 7. The maximum absolute atomic E-state index is 14.3. The van der Waals surface area contributed by atoms with Crippen LogP contribution in [0, 0.1) is 5.82 Å². The number of nitrogens with one attached hydrogen (secondary N) is 2. The monoisotopic (exact) mass is 487 g/mol. The number of hydrogen-bond donors (Lipinski definition) is 3. The highest BCUT2D eigenvalue weighted by Gasteiger charge is 2.23. The lowest BCUT2D eigenvalue weighted by atomic mass is 10.0. The number of halogens is 2. The molecular weight excluding hydrogens is 465 g/mol. The Morgan fingerprint density at radius 2 is 1.91 bits per heavy atom. The van der Waals surface area contributed by atoms with Crippen LogP contribution in [0.4, 0.5) is 20.8 Å². The fourth-order valence-electron chi connectivity index (χ4n) is 3.62. The Kier molecular flexibility index (Phi) is 6.99. The smallest absolute Gasteiger partial charge is 0.411 e. The van der Waals surface area contributed by atoms with Gasteiger partial charge in [0.05, 0.1) is 10.6 Å². The van der Waals surface area contributed by atoms with E-state index in [4.69, 9.17) is 26.5 Å². The third-order valence-electron chi connectivity index (χ3n) is 5.43. The fraction of sp³-hybridized carbons (Fsp3) is 0.261. The zero-order valence-corrected chi connectivity index (χ0v) is 19.1. The van der Waals surface area contributed by atoms with Crippen molar-refractivity contribution in [3.8, 4) is 17.3 Å². The van der Waals surface area contributed by atoms with Crippen LogP contribution in [-0.2, 0) is 0 Å². The standard InChI is InChI=1S/C23H23ClFN5O4/c1-30-11-9-15(10-12-30)27-19(31)13-5-7-14(8-6-13)28-21-22(34-23(26)32)29-20(33-21)18-16(24)3-2-4-17(18)25/h2-8,15,28H,9-12H2,1H3,(H2,26,32)(H,27,31). The van der Waals surface area contributed by atoms with Gasteiger partial charge in [-0.15, -0.1) is 0 Å². The fourth-order valence-corrected chi connectivity index (χ4v) is 3.86. The number of rotatable bonds is 6. The first-order chi connectivity index (χ1) is 16.3. The van der Waals surface area contributed by atoms with Crippen molar-refractivity contribution in [3.05, 3.63) is 58.9 Å². The minimum absolute atomic E-state index is 0.0680. The molecule has 4 rings (SSSR count). The molecule has 1 aliphatic rings. The van der Waals surface area contributed by atoms with Crippen LogP contribution in [0.3, 0.4) is 0 Å². The van der Waals surface area contributed by atoms with Crippen LogP contribution in [0.5, 0.6) is 5.88 Å². The number of benzene rings is 2. The molecule has 0 saturated carbocycles. The van der Waals surface area contributed by atoms with Crippen molar-refractivity contribution in [2.45, 2.75) is 18.9 Å². The third kappa shape index (κ3) is 5.46. The van der Waals surface area contributed by atoms with Crippen molar-refractivity contribution in [1.82, 2.24) is 15.2 Å². The molecule has 1 aromatic heterocycles. The maximum Gasteiger partial charge on any atom is 0.411 e. The lowest BCUT2D eigenvalue weighted by Gasteiger charge is -2.29. The van der Waals surface area contributed by atoms with E-state index in [1.54, 1.807) is 24.3 Å². The number of aromatic nitrogens is 1. The van der Waals surface area contributed by atoms with Crippen LogP contribution in [0.1, 0.15) is 23.2 Å². The van der Waals surface area contributed by atoms with Gasteiger partial charge in [0.2, 0.25) is 5.89 Å². The second kappa shape index (κ2) is 10.1. The molecule has 0 bridgehead atoms. The summed E-state index contributed by atoms with van der Waals surface area (Å²) in [6.45, 7) is 1.89. The lowest BCUT2D eigenvalue weighted by molar-refractivity contribution is 0.0917. The molecule has 0 unspecified atom stereocenters. The Labute approximate surface area is 200 Å². The topological polar surface area (TPSA) is 123 Å². The highest BCUT2D eigenvalue weighted by Crippen LogP contribution is 2.37. The van der Waals surface area contributed by atoms with Crippen LogP contribution in [0.2, 0.25) is 5.02 Å². The Morgan fingerprint density at radius 3 is 2.56 bits per heavy atom. The highest BCUT2D eigenvalue weighted by atomic mass is 35.5.